The van der Waals surface area contributed by atoms with Gasteiger partial charge >= 0.3 is 5.97 Å². The maximum absolute atomic E-state index is 11.6. The Labute approximate surface area is 104 Å². The first-order chi connectivity index (χ1) is 7.93. The second-order valence-corrected chi connectivity index (χ2v) is 5.13. The Bertz CT molecular complexity index is 426. The van der Waals surface area contributed by atoms with Crippen molar-refractivity contribution < 1.29 is 14.3 Å². The molecule has 1 aromatic rings. The number of nitrogens with one attached hydrogen (secondary N) is 1. The summed E-state index contributed by atoms with van der Waals surface area (Å²) in [6, 6.07) is 1.71. The van der Waals surface area contributed by atoms with Gasteiger partial charge in [0.15, 0.2) is 0 Å². The van der Waals surface area contributed by atoms with E-state index in [4.69, 9.17) is 0 Å². The van der Waals surface area contributed by atoms with Gasteiger partial charge in [0.2, 0.25) is 5.91 Å². The molecule has 0 spiro atoms. The molecule has 0 aliphatic rings. The molecule has 1 rings (SSSR count). The number of hydrogen-bond donors (Lipinski definition) is 1. The summed E-state index contributed by atoms with van der Waals surface area (Å²) in [5, 5.41) is 3.26. The number of esters is 1. The SMILES string of the molecule is COC(=O)c1cc(C)sc1NC(=O)CN(C)C. The summed E-state index contributed by atoms with van der Waals surface area (Å²) in [5.41, 5.74) is 0.405. The Kier molecular flexibility index (Phi) is 4.65. The highest BCUT2D eigenvalue weighted by atomic mass is 32.1. The van der Waals surface area contributed by atoms with Crippen LogP contribution >= 0.6 is 11.3 Å². The Hall–Kier alpha value is -1.40. The van der Waals surface area contributed by atoms with Crippen molar-refractivity contribution in [2.75, 3.05) is 33.1 Å². The maximum atomic E-state index is 11.6. The summed E-state index contributed by atoms with van der Waals surface area (Å²) in [4.78, 5) is 25.8. The van der Waals surface area contributed by atoms with Crippen LogP contribution in [0.3, 0.4) is 0 Å². The predicted octanol–water partition coefficient (Wildman–Crippen LogP) is 1.34. The van der Waals surface area contributed by atoms with Gasteiger partial charge in [0, 0.05) is 4.88 Å². The van der Waals surface area contributed by atoms with Crippen LogP contribution in [0.25, 0.3) is 0 Å². The number of rotatable bonds is 4. The van der Waals surface area contributed by atoms with Gasteiger partial charge in [0.1, 0.15) is 5.00 Å². The second-order valence-electron chi connectivity index (χ2n) is 3.88. The zero-order chi connectivity index (χ0) is 13.0. The average Bonchev–Trinajstić information content (AvgIpc) is 2.57. The van der Waals surface area contributed by atoms with Crippen molar-refractivity contribution in [3.8, 4) is 0 Å². The number of carbonyl (C=O) groups is 2. The monoisotopic (exact) mass is 256 g/mol. The van der Waals surface area contributed by atoms with Gasteiger partial charge in [-0.2, -0.15) is 0 Å². The molecule has 17 heavy (non-hydrogen) atoms. The topological polar surface area (TPSA) is 58.6 Å². The van der Waals surface area contributed by atoms with Crippen molar-refractivity contribution >= 4 is 28.2 Å². The molecule has 0 aliphatic carbocycles. The van der Waals surface area contributed by atoms with E-state index < -0.39 is 5.97 Å². The van der Waals surface area contributed by atoms with Gasteiger partial charge in [-0.25, -0.2) is 4.79 Å². The van der Waals surface area contributed by atoms with Gasteiger partial charge in [-0.05, 0) is 27.1 Å². The van der Waals surface area contributed by atoms with Crippen molar-refractivity contribution in [2.45, 2.75) is 6.92 Å². The standard InChI is InChI=1S/C11H16N2O3S/c1-7-5-8(11(15)16-4)10(17-7)12-9(14)6-13(2)3/h5H,6H2,1-4H3,(H,12,14). The lowest BCUT2D eigenvalue weighted by molar-refractivity contribution is -0.116. The van der Waals surface area contributed by atoms with E-state index in [0.29, 0.717) is 10.6 Å². The molecule has 0 fully saturated rings. The van der Waals surface area contributed by atoms with Gasteiger partial charge < -0.3 is 15.0 Å². The lowest BCUT2D eigenvalue weighted by Gasteiger charge is -2.09. The van der Waals surface area contributed by atoms with E-state index in [9.17, 15) is 9.59 Å². The molecule has 0 atom stereocenters. The fourth-order valence-electron chi connectivity index (χ4n) is 1.32. The minimum Gasteiger partial charge on any atom is -0.465 e. The summed E-state index contributed by atoms with van der Waals surface area (Å²) in [6.07, 6.45) is 0. The Morgan fingerprint density at radius 1 is 1.47 bits per heavy atom. The lowest BCUT2D eigenvalue weighted by Crippen LogP contribution is -2.27. The third-order valence-corrected chi connectivity index (χ3v) is 2.94. The zero-order valence-electron chi connectivity index (χ0n) is 10.4. The molecule has 0 bridgehead atoms. The molecular weight excluding hydrogens is 240 g/mol. The van der Waals surface area contributed by atoms with Crippen LogP contribution in [0.4, 0.5) is 5.00 Å². The summed E-state index contributed by atoms with van der Waals surface area (Å²) in [7, 11) is 4.93. The highest BCUT2D eigenvalue weighted by Gasteiger charge is 2.17. The molecule has 0 saturated carbocycles. The third-order valence-electron chi connectivity index (χ3n) is 1.97. The smallest absolute Gasteiger partial charge is 0.340 e. The average molecular weight is 256 g/mol. The van der Waals surface area contributed by atoms with Crippen LogP contribution in [0, 0.1) is 6.92 Å². The maximum Gasteiger partial charge on any atom is 0.340 e. The molecule has 6 heteroatoms. The van der Waals surface area contributed by atoms with E-state index in [0.717, 1.165) is 4.88 Å². The van der Waals surface area contributed by atoms with Crippen LogP contribution in [-0.4, -0.2) is 44.5 Å². The Morgan fingerprint density at radius 3 is 2.65 bits per heavy atom. The molecule has 0 unspecified atom stereocenters. The zero-order valence-corrected chi connectivity index (χ0v) is 11.2. The molecule has 1 amide bonds. The molecule has 0 radical (unpaired) electrons. The number of likely N-dealkylation sites (N-methyl/N-ethyl adjacent to an activating group) is 1. The first kappa shape index (κ1) is 13.7. The minimum absolute atomic E-state index is 0.151. The number of anilines is 1. The third kappa shape index (κ3) is 3.83. The predicted molar refractivity (Wildman–Crippen MR) is 67.6 cm³/mol. The first-order valence-corrected chi connectivity index (χ1v) is 5.89. The van der Waals surface area contributed by atoms with Crippen LogP contribution < -0.4 is 5.32 Å². The van der Waals surface area contributed by atoms with Gasteiger partial charge in [0.05, 0.1) is 19.2 Å². The van der Waals surface area contributed by atoms with Crippen LogP contribution in [0.15, 0.2) is 6.07 Å². The number of ether oxygens (including phenoxy) is 1. The summed E-state index contributed by atoms with van der Waals surface area (Å²) >= 11 is 1.36. The van der Waals surface area contributed by atoms with Crippen molar-refractivity contribution in [3.05, 3.63) is 16.5 Å². The molecule has 94 valence electrons. The summed E-state index contributed by atoms with van der Waals surface area (Å²) in [5.74, 6) is -0.587. The number of carbonyl (C=O) groups excluding carboxylic acids is 2. The quantitative estimate of drug-likeness (QED) is 0.826. The van der Waals surface area contributed by atoms with Crippen molar-refractivity contribution in [3.63, 3.8) is 0 Å². The van der Waals surface area contributed by atoms with Crippen molar-refractivity contribution in [1.29, 1.82) is 0 Å². The number of amides is 1. The summed E-state index contributed by atoms with van der Waals surface area (Å²) < 4.78 is 4.66. The molecule has 5 nitrogen and oxygen atoms in total. The molecule has 1 aromatic heterocycles. The van der Waals surface area contributed by atoms with Gasteiger partial charge in [-0.15, -0.1) is 11.3 Å². The van der Waals surface area contributed by atoms with Gasteiger partial charge in [-0.1, -0.05) is 0 Å². The fourth-order valence-corrected chi connectivity index (χ4v) is 2.24. The minimum atomic E-state index is -0.436. The van der Waals surface area contributed by atoms with Crippen LogP contribution in [-0.2, 0) is 9.53 Å². The Balaban J connectivity index is 2.83. The van der Waals surface area contributed by atoms with E-state index in [1.54, 1.807) is 25.1 Å². The highest BCUT2D eigenvalue weighted by Crippen LogP contribution is 2.28. The van der Waals surface area contributed by atoms with E-state index in [-0.39, 0.29) is 12.5 Å². The second kappa shape index (κ2) is 5.79. The molecule has 1 N–H and O–H groups in total. The highest BCUT2D eigenvalue weighted by molar-refractivity contribution is 7.16. The number of nitrogens with zero attached hydrogens (tertiary/aromatic N) is 1. The molecule has 0 saturated heterocycles. The van der Waals surface area contributed by atoms with E-state index >= 15 is 0 Å². The number of thiophene rings is 1. The molecular formula is C11H16N2O3S. The number of methoxy groups -OCH3 is 1. The molecule has 0 aromatic carbocycles. The molecule has 0 aliphatic heterocycles. The van der Waals surface area contributed by atoms with Crippen molar-refractivity contribution in [1.82, 2.24) is 4.90 Å². The first-order valence-electron chi connectivity index (χ1n) is 5.07. The largest absolute Gasteiger partial charge is 0.465 e. The summed E-state index contributed by atoms with van der Waals surface area (Å²) in [6.45, 7) is 2.15. The lowest BCUT2D eigenvalue weighted by atomic mass is 10.3. The van der Waals surface area contributed by atoms with Crippen molar-refractivity contribution in [2.24, 2.45) is 0 Å². The van der Waals surface area contributed by atoms with Crippen LogP contribution in [0.2, 0.25) is 0 Å². The van der Waals surface area contributed by atoms with Gasteiger partial charge in [0.25, 0.3) is 0 Å². The Morgan fingerprint density at radius 2 is 2.12 bits per heavy atom. The van der Waals surface area contributed by atoms with E-state index in [2.05, 4.69) is 10.1 Å². The number of aryl methyl sites for hydroxylation is 1. The fraction of sp³-hybridized carbons (Fsp3) is 0.455. The normalized spacial score (nSPS) is 10.4. The van der Waals surface area contributed by atoms with E-state index in [1.807, 2.05) is 6.92 Å². The number of hydrogen-bond acceptors (Lipinski definition) is 5. The van der Waals surface area contributed by atoms with E-state index in [1.165, 1.54) is 18.4 Å². The van der Waals surface area contributed by atoms with Gasteiger partial charge in [-0.3, -0.25) is 4.79 Å². The molecule has 1 heterocycles. The van der Waals surface area contributed by atoms with Crippen LogP contribution in [0.1, 0.15) is 15.2 Å². The van der Waals surface area contributed by atoms with Crippen LogP contribution in [0.5, 0.6) is 0 Å².